The van der Waals surface area contributed by atoms with E-state index in [2.05, 4.69) is 0 Å². The van der Waals surface area contributed by atoms with E-state index in [1.54, 1.807) is 36.4 Å². The summed E-state index contributed by atoms with van der Waals surface area (Å²) in [6, 6.07) is 20.8. The van der Waals surface area contributed by atoms with E-state index in [0.717, 1.165) is 11.1 Å². The number of ether oxygens (including phenoxy) is 2. The molecule has 1 aliphatic heterocycles. The van der Waals surface area contributed by atoms with Crippen molar-refractivity contribution >= 4 is 11.9 Å². The van der Waals surface area contributed by atoms with Gasteiger partial charge in [0.25, 0.3) is 0 Å². The van der Waals surface area contributed by atoms with Crippen LogP contribution in [-0.4, -0.2) is 5.78 Å². The molecule has 0 saturated carbocycles. The second kappa shape index (κ2) is 6.84. The first-order valence-electron chi connectivity index (χ1n) is 8.20. The van der Waals surface area contributed by atoms with Crippen molar-refractivity contribution in [2.24, 2.45) is 0 Å². The molecule has 26 heavy (non-hydrogen) atoms. The maximum Gasteiger partial charge on any atom is 0.231 e. The summed E-state index contributed by atoms with van der Waals surface area (Å²) in [4.78, 5) is 12.5. The molecule has 0 unspecified atom stereocenters. The maximum atomic E-state index is 12.9. The quantitative estimate of drug-likeness (QED) is 0.622. The number of hydrogen-bond acceptors (Lipinski definition) is 3. The number of carbonyl (C=O) groups is 1. The first kappa shape index (κ1) is 16.1. The number of halogens is 1. The van der Waals surface area contributed by atoms with Crippen molar-refractivity contribution in [3.05, 3.63) is 101 Å². The highest BCUT2D eigenvalue weighted by Gasteiger charge is 2.27. The second-order valence-electron chi connectivity index (χ2n) is 5.92. The van der Waals surface area contributed by atoms with Gasteiger partial charge in [-0.25, -0.2) is 4.39 Å². The predicted octanol–water partition coefficient (Wildman–Crippen LogP) is 5.02. The van der Waals surface area contributed by atoms with E-state index in [1.165, 1.54) is 12.1 Å². The molecule has 128 valence electrons. The van der Waals surface area contributed by atoms with Gasteiger partial charge >= 0.3 is 0 Å². The molecule has 1 heterocycles. The number of hydrogen-bond donors (Lipinski definition) is 0. The van der Waals surface area contributed by atoms with Gasteiger partial charge in [-0.2, -0.15) is 0 Å². The van der Waals surface area contributed by atoms with Crippen LogP contribution in [-0.2, 0) is 6.61 Å². The maximum absolute atomic E-state index is 12.9. The first-order chi connectivity index (χ1) is 12.7. The molecule has 0 atom stereocenters. The molecule has 3 nitrogen and oxygen atoms in total. The highest BCUT2D eigenvalue weighted by atomic mass is 19.1. The Labute approximate surface area is 150 Å². The summed E-state index contributed by atoms with van der Waals surface area (Å²) in [5.74, 6) is 0.933. The van der Waals surface area contributed by atoms with Crippen molar-refractivity contribution < 1.29 is 18.7 Å². The molecule has 3 aromatic rings. The minimum Gasteiger partial charge on any atom is -0.489 e. The van der Waals surface area contributed by atoms with Gasteiger partial charge in [-0.1, -0.05) is 42.5 Å². The van der Waals surface area contributed by atoms with Crippen molar-refractivity contribution in [1.29, 1.82) is 0 Å². The number of ketones is 1. The zero-order valence-electron chi connectivity index (χ0n) is 13.8. The summed E-state index contributed by atoms with van der Waals surface area (Å²) in [5.41, 5.74) is 2.27. The second-order valence-corrected chi connectivity index (χ2v) is 5.92. The van der Waals surface area contributed by atoms with Crippen molar-refractivity contribution in [2.75, 3.05) is 0 Å². The monoisotopic (exact) mass is 346 g/mol. The minimum atomic E-state index is -0.282. The fourth-order valence-corrected chi connectivity index (χ4v) is 2.70. The van der Waals surface area contributed by atoms with E-state index < -0.39 is 0 Å². The Morgan fingerprint density at radius 3 is 2.50 bits per heavy atom. The van der Waals surface area contributed by atoms with Crippen LogP contribution in [0, 0.1) is 5.82 Å². The van der Waals surface area contributed by atoms with E-state index in [4.69, 9.17) is 9.47 Å². The highest BCUT2D eigenvalue weighted by Crippen LogP contribution is 2.35. The molecule has 0 N–H and O–H groups in total. The van der Waals surface area contributed by atoms with Crippen LogP contribution in [0.1, 0.15) is 21.5 Å². The number of fused-ring (bicyclic) bond motifs is 1. The number of benzene rings is 3. The lowest BCUT2D eigenvalue weighted by molar-refractivity contribution is 0.101. The average Bonchev–Trinajstić information content (AvgIpc) is 2.97. The van der Waals surface area contributed by atoms with Gasteiger partial charge in [0.05, 0.1) is 5.56 Å². The molecule has 0 bridgehead atoms. The van der Waals surface area contributed by atoms with Gasteiger partial charge in [0.1, 0.15) is 23.9 Å². The molecule has 0 aromatic heterocycles. The third kappa shape index (κ3) is 3.35. The summed E-state index contributed by atoms with van der Waals surface area (Å²) >= 11 is 0. The normalized spacial score (nSPS) is 14.2. The lowest BCUT2D eigenvalue weighted by Gasteiger charge is -2.07. The Hall–Kier alpha value is -3.40. The molecule has 0 aliphatic carbocycles. The van der Waals surface area contributed by atoms with E-state index in [0.29, 0.717) is 29.4 Å². The molecular weight excluding hydrogens is 331 g/mol. The fraction of sp³-hybridized carbons (Fsp3) is 0.0455. The average molecular weight is 346 g/mol. The van der Waals surface area contributed by atoms with Gasteiger partial charge in [0, 0.05) is 6.07 Å². The summed E-state index contributed by atoms with van der Waals surface area (Å²) in [6.07, 6.45) is 1.72. The SMILES string of the molecule is O=C1/C(=C/c2ccccc2)Oc2cc(OCc3ccc(F)cc3)ccc21. The Balaban J connectivity index is 1.50. The lowest BCUT2D eigenvalue weighted by Crippen LogP contribution is -1.97. The first-order valence-corrected chi connectivity index (χ1v) is 8.20. The molecule has 0 amide bonds. The lowest BCUT2D eigenvalue weighted by atomic mass is 10.1. The van der Waals surface area contributed by atoms with E-state index in [9.17, 15) is 9.18 Å². The Bertz CT molecular complexity index is 976. The Kier molecular flexibility index (Phi) is 4.23. The molecule has 0 saturated heterocycles. The molecule has 3 aromatic carbocycles. The highest BCUT2D eigenvalue weighted by molar-refractivity contribution is 6.14. The molecule has 4 heteroatoms. The van der Waals surface area contributed by atoms with Gasteiger partial charge < -0.3 is 9.47 Å². The van der Waals surface area contributed by atoms with Crippen LogP contribution in [0.15, 0.2) is 78.6 Å². The van der Waals surface area contributed by atoms with Crippen LogP contribution < -0.4 is 9.47 Å². The van der Waals surface area contributed by atoms with E-state index in [-0.39, 0.29) is 11.6 Å². The largest absolute Gasteiger partial charge is 0.489 e. The van der Waals surface area contributed by atoms with Crippen molar-refractivity contribution in [2.45, 2.75) is 6.61 Å². The van der Waals surface area contributed by atoms with Crippen LogP contribution in [0.4, 0.5) is 4.39 Å². The van der Waals surface area contributed by atoms with Gasteiger partial charge in [0.15, 0.2) is 5.76 Å². The van der Waals surface area contributed by atoms with Crippen molar-refractivity contribution in [3.63, 3.8) is 0 Å². The number of rotatable bonds is 4. The molecular formula is C22H15FO3. The summed E-state index contributed by atoms with van der Waals surface area (Å²) in [5, 5.41) is 0. The van der Waals surface area contributed by atoms with Crippen LogP contribution in [0.3, 0.4) is 0 Å². The summed E-state index contributed by atoms with van der Waals surface area (Å²) in [7, 11) is 0. The molecule has 1 aliphatic rings. The van der Waals surface area contributed by atoms with Crippen molar-refractivity contribution in [1.82, 2.24) is 0 Å². The predicted molar refractivity (Wildman–Crippen MR) is 96.6 cm³/mol. The molecule has 0 fully saturated rings. The van der Waals surface area contributed by atoms with Gasteiger partial charge in [-0.05, 0) is 41.5 Å². The zero-order chi connectivity index (χ0) is 17.9. The topological polar surface area (TPSA) is 35.5 Å². The number of Topliss-reactive ketones (excluding diaryl/α,β-unsaturated/α-hetero) is 1. The number of carbonyl (C=O) groups excluding carboxylic acids is 1. The van der Waals surface area contributed by atoms with Gasteiger partial charge in [-0.15, -0.1) is 0 Å². The van der Waals surface area contributed by atoms with Crippen LogP contribution in [0.25, 0.3) is 6.08 Å². The Morgan fingerprint density at radius 1 is 0.962 bits per heavy atom. The van der Waals surface area contributed by atoms with Gasteiger partial charge in [-0.3, -0.25) is 4.79 Å². The third-order valence-electron chi connectivity index (χ3n) is 4.06. The molecule has 0 radical (unpaired) electrons. The van der Waals surface area contributed by atoms with Crippen molar-refractivity contribution in [3.8, 4) is 11.5 Å². The third-order valence-corrected chi connectivity index (χ3v) is 4.06. The summed E-state index contributed by atoms with van der Waals surface area (Å²) < 4.78 is 24.4. The van der Waals surface area contributed by atoms with Gasteiger partial charge in [0.2, 0.25) is 5.78 Å². The summed E-state index contributed by atoms with van der Waals surface area (Å²) in [6.45, 7) is 0.305. The fourth-order valence-electron chi connectivity index (χ4n) is 2.70. The van der Waals surface area contributed by atoms with E-state index in [1.807, 2.05) is 30.3 Å². The molecule has 4 rings (SSSR count). The Morgan fingerprint density at radius 2 is 1.73 bits per heavy atom. The van der Waals surface area contributed by atoms with Crippen LogP contribution >= 0.6 is 0 Å². The minimum absolute atomic E-state index is 0.145. The number of allylic oxidation sites excluding steroid dienone is 1. The smallest absolute Gasteiger partial charge is 0.231 e. The van der Waals surface area contributed by atoms with Crippen LogP contribution in [0.5, 0.6) is 11.5 Å². The van der Waals surface area contributed by atoms with Crippen LogP contribution in [0.2, 0.25) is 0 Å². The van der Waals surface area contributed by atoms with E-state index >= 15 is 0 Å². The standard InChI is InChI=1S/C22H15FO3/c23-17-8-6-16(7-9-17)14-25-18-10-11-19-20(13-18)26-21(22(19)24)12-15-4-2-1-3-5-15/h1-13H,14H2/b21-12-. The molecule has 0 spiro atoms. The zero-order valence-corrected chi connectivity index (χ0v) is 13.8.